The molecule has 2 aromatic rings. The normalized spacial score (nSPS) is 15.4. The summed E-state index contributed by atoms with van der Waals surface area (Å²) < 4.78 is 1.50. The number of amides is 1. The van der Waals surface area contributed by atoms with Gasteiger partial charge in [-0.25, -0.2) is 10.5 Å². The summed E-state index contributed by atoms with van der Waals surface area (Å²) in [4.78, 5) is 28.0. The van der Waals surface area contributed by atoms with E-state index >= 15 is 0 Å². The molecule has 1 aliphatic heterocycles. The van der Waals surface area contributed by atoms with Crippen LogP contribution in [0.15, 0.2) is 18.5 Å². The molecule has 0 radical (unpaired) electrons. The molecule has 10 heteroatoms. The number of piperazine rings is 1. The van der Waals surface area contributed by atoms with Crippen LogP contribution in [0.2, 0.25) is 0 Å². The number of nitrogen functional groups attached to an aromatic ring is 1. The quantitative estimate of drug-likeness (QED) is 0.524. The summed E-state index contributed by atoms with van der Waals surface area (Å²) in [5.41, 5.74) is 2.40. The van der Waals surface area contributed by atoms with Crippen molar-refractivity contribution in [2.24, 2.45) is 5.84 Å². The predicted octanol–water partition coefficient (Wildman–Crippen LogP) is -1.38. The number of aromatic nitrogens is 5. The minimum Gasteiger partial charge on any atom is -0.342 e. The number of nitrogens with two attached hydrogens (primary N) is 1. The zero-order valence-corrected chi connectivity index (χ0v) is 11.5. The fourth-order valence-electron chi connectivity index (χ4n) is 1.98. The van der Waals surface area contributed by atoms with E-state index in [1.165, 1.54) is 4.68 Å². The van der Waals surface area contributed by atoms with E-state index < -0.39 is 0 Å². The average molecular weight is 289 g/mol. The van der Waals surface area contributed by atoms with Crippen molar-refractivity contribution in [1.29, 1.82) is 0 Å². The molecule has 0 unspecified atom stereocenters. The first-order valence-electron chi connectivity index (χ1n) is 6.39. The molecule has 3 heterocycles. The van der Waals surface area contributed by atoms with Crippen molar-refractivity contribution >= 4 is 17.8 Å². The fourth-order valence-corrected chi connectivity index (χ4v) is 1.98. The topological polar surface area (TPSA) is 118 Å². The lowest BCUT2D eigenvalue weighted by Gasteiger charge is -2.31. The molecule has 0 spiro atoms. The third kappa shape index (κ3) is 2.60. The molecule has 0 aromatic carbocycles. The smallest absolute Gasteiger partial charge is 0.257 e. The molecule has 3 N–H and O–H groups in total. The largest absolute Gasteiger partial charge is 0.342 e. The van der Waals surface area contributed by atoms with E-state index in [2.05, 4.69) is 25.5 Å². The Morgan fingerprint density at radius 1 is 1.24 bits per heavy atom. The second-order valence-electron chi connectivity index (χ2n) is 4.59. The molecular weight excluding hydrogens is 274 g/mol. The van der Waals surface area contributed by atoms with E-state index in [-0.39, 0.29) is 18.4 Å². The molecule has 0 bridgehead atoms. The molecular formula is C11H15N9O. The summed E-state index contributed by atoms with van der Waals surface area (Å²) in [7, 11) is 1.77. The second-order valence-corrected chi connectivity index (χ2v) is 4.59. The summed E-state index contributed by atoms with van der Waals surface area (Å²) in [6.07, 6.45) is 3.34. The van der Waals surface area contributed by atoms with Crippen LogP contribution in [-0.4, -0.2) is 62.2 Å². The number of hydrazine groups is 1. The Bertz CT molecular complexity index is 641. The van der Waals surface area contributed by atoms with Gasteiger partial charge in [0.15, 0.2) is 0 Å². The van der Waals surface area contributed by atoms with E-state index in [0.29, 0.717) is 25.0 Å². The maximum absolute atomic E-state index is 11.8. The van der Waals surface area contributed by atoms with Crippen molar-refractivity contribution in [2.75, 3.05) is 37.0 Å². The second kappa shape index (κ2) is 5.32. The summed E-state index contributed by atoms with van der Waals surface area (Å²) >= 11 is 0. The Balaban J connectivity index is 1.95. The summed E-state index contributed by atoms with van der Waals surface area (Å²) in [5.74, 6) is 6.36. The van der Waals surface area contributed by atoms with Crippen molar-refractivity contribution < 1.29 is 4.79 Å². The lowest BCUT2D eigenvalue weighted by molar-refractivity contribution is -0.129. The van der Waals surface area contributed by atoms with E-state index in [0.717, 1.165) is 0 Å². The number of carbonyl (C=O) groups is 1. The highest BCUT2D eigenvalue weighted by molar-refractivity contribution is 5.81. The van der Waals surface area contributed by atoms with Crippen molar-refractivity contribution in [2.45, 2.75) is 0 Å². The van der Waals surface area contributed by atoms with Gasteiger partial charge in [-0.2, -0.15) is 20.1 Å². The van der Waals surface area contributed by atoms with E-state index in [9.17, 15) is 4.79 Å². The van der Waals surface area contributed by atoms with Gasteiger partial charge in [-0.15, -0.1) is 0 Å². The van der Waals surface area contributed by atoms with Gasteiger partial charge in [-0.1, -0.05) is 0 Å². The Hall–Kier alpha value is -2.75. The highest BCUT2D eigenvalue weighted by Gasteiger charge is 2.24. The van der Waals surface area contributed by atoms with Gasteiger partial charge in [0.05, 0.1) is 6.54 Å². The van der Waals surface area contributed by atoms with E-state index in [1.54, 1.807) is 35.3 Å². The standard InChI is InChI=1S/C11H15N9O/c1-18-5-6-19(7-8(18)21)10-14-9(17-12)15-11(16-10)20-4-2-3-13-20/h2-4H,5-7,12H2,1H3,(H,14,15,16,17). The first-order valence-corrected chi connectivity index (χ1v) is 6.39. The molecule has 0 saturated carbocycles. The van der Waals surface area contributed by atoms with Crippen LogP contribution >= 0.6 is 0 Å². The van der Waals surface area contributed by atoms with Gasteiger partial charge in [0.2, 0.25) is 17.8 Å². The fraction of sp³-hybridized carbons (Fsp3) is 0.364. The summed E-state index contributed by atoms with van der Waals surface area (Å²) in [6, 6.07) is 1.76. The van der Waals surface area contributed by atoms with Gasteiger partial charge in [-0.05, 0) is 6.07 Å². The number of hydrogen-bond acceptors (Lipinski definition) is 8. The number of carbonyl (C=O) groups excluding carboxylic acids is 1. The van der Waals surface area contributed by atoms with Crippen LogP contribution in [0.3, 0.4) is 0 Å². The molecule has 21 heavy (non-hydrogen) atoms. The van der Waals surface area contributed by atoms with Crippen molar-refractivity contribution in [1.82, 2.24) is 29.6 Å². The highest BCUT2D eigenvalue weighted by Crippen LogP contribution is 2.14. The van der Waals surface area contributed by atoms with Crippen LogP contribution < -0.4 is 16.2 Å². The lowest BCUT2D eigenvalue weighted by Crippen LogP contribution is -2.49. The molecule has 0 aliphatic carbocycles. The number of likely N-dealkylation sites (N-methyl/N-ethyl adjacent to an activating group) is 1. The number of anilines is 2. The van der Waals surface area contributed by atoms with Crippen molar-refractivity contribution in [3.05, 3.63) is 18.5 Å². The first kappa shape index (κ1) is 13.2. The average Bonchev–Trinajstić information content (AvgIpc) is 3.04. The molecule has 1 saturated heterocycles. The first-order chi connectivity index (χ1) is 10.2. The molecule has 3 rings (SSSR count). The maximum Gasteiger partial charge on any atom is 0.257 e. The molecule has 0 atom stereocenters. The van der Waals surface area contributed by atoms with E-state index in [4.69, 9.17) is 5.84 Å². The third-order valence-electron chi connectivity index (χ3n) is 3.19. The highest BCUT2D eigenvalue weighted by atomic mass is 16.2. The zero-order chi connectivity index (χ0) is 14.8. The summed E-state index contributed by atoms with van der Waals surface area (Å²) in [6.45, 7) is 1.49. The molecule has 1 fully saturated rings. The van der Waals surface area contributed by atoms with Crippen LogP contribution in [-0.2, 0) is 4.79 Å². The van der Waals surface area contributed by atoms with Crippen molar-refractivity contribution in [3.63, 3.8) is 0 Å². The summed E-state index contributed by atoms with van der Waals surface area (Å²) in [5, 5.41) is 4.08. The molecule has 2 aromatic heterocycles. The Morgan fingerprint density at radius 3 is 2.71 bits per heavy atom. The van der Waals surface area contributed by atoms with Crippen LogP contribution in [0.5, 0.6) is 0 Å². The van der Waals surface area contributed by atoms with Gasteiger partial charge >= 0.3 is 0 Å². The number of rotatable bonds is 3. The molecule has 110 valence electrons. The van der Waals surface area contributed by atoms with Crippen LogP contribution in [0, 0.1) is 0 Å². The SMILES string of the molecule is CN1CCN(c2nc(NN)nc(-n3cccn3)n2)CC1=O. The maximum atomic E-state index is 11.8. The van der Waals surface area contributed by atoms with Gasteiger partial charge in [-0.3, -0.25) is 10.2 Å². The molecule has 1 aliphatic rings. The van der Waals surface area contributed by atoms with Crippen LogP contribution in [0.4, 0.5) is 11.9 Å². The van der Waals surface area contributed by atoms with Gasteiger partial charge in [0, 0.05) is 32.5 Å². The van der Waals surface area contributed by atoms with Gasteiger partial charge in [0.25, 0.3) is 5.95 Å². The Morgan fingerprint density at radius 2 is 2.05 bits per heavy atom. The minimum atomic E-state index is 0.0181. The van der Waals surface area contributed by atoms with Gasteiger partial charge in [0.1, 0.15) is 0 Å². The number of nitrogens with zero attached hydrogens (tertiary/aromatic N) is 7. The molecule has 10 nitrogen and oxygen atoms in total. The zero-order valence-electron chi connectivity index (χ0n) is 11.5. The van der Waals surface area contributed by atoms with Crippen LogP contribution in [0.25, 0.3) is 5.95 Å². The minimum absolute atomic E-state index is 0.0181. The Labute approximate surface area is 120 Å². The monoisotopic (exact) mass is 289 g/mol. The number of nitrogens with one attached hydrogen (secondary N) is 1. The third-order valence-corrected chi connectivity index (χ3v) is 3.19. The number of hydrogen-bond donors (Lipinski definition) is 2. The van der Waals surface area contributed by atoms with E-state index in [1.807, 2.05) is 0 Å². The van der Waals surface area contributed by atoms with Crippen molar-refractivity contribution in [3.8, 4) is 5.95 Å². The lowest BCUT2D eigenvalue weighted by atomic mass is 10.3. The Kier molecular flexibility index (Phi) is 3.36. The predicted molar refractivity (Wildman–Crippen MR) is 74.6 cm³/mol. The van der Waals surface area contributed by atoms with Gasteiger partial charge < -0.3 is 9.80 Å². The van der Waals surface area contributed by atoms with Crippen LogP contribution in [0.1, 0.15) is 0 Å². The molecule has 1 amide bonds.